The van der Waals surface area contributed by atoms with Crippen LogP contribution in [-0.2, 0) is 19.0 Å². The van der Waals surface area contributed by atoms with Crippen LogP contribution in [0, 0.1) is 0 Å². The normalized spacial score (nSPS) is 16.6. The molecular formula is C21H19F3N4O. The third-order valence-electron chi connectivity index (χ3n) is 5.75. The Morgan fingerprint density at radius 2 is 1.79 bits per heavy atom. The largest absolute Gasteiger partial charge is 0.433 e. The van der Waals surface area contributed by atoms with Crippen LogP contribution in [0.5, 0.6) is 0 Å². The summed E-state index contributed by atoms with van der Waals surface area (Å²) in [6.07, 6.45) is -0.998. The number of piperidine rings is 1. The van der Waals surface area contributed by atoms with Gasteiger partial charge in [-0.25, -0.2) is 9.50 Å². The van der Waals surface area contributed by atoms with Crippen molar-refractivity contribution in [3.8, 4) is 11.3 Å². The zero-order chi connectivity index (χ0) is 20.2. The quantitative estimate of drug-likeness (QED) is 0.617. The van der Waals surface area contributed by atoms with Gasteiger partial charge in [-0.15, -0.1) is 0 Å². The fourth-order valence-electron chi connectivity index (χ4n) is 4.38. The van der Waals surface area contributed by atoms with Crippen LogP contribution in [0.1, 0.15) is 46.6 Å². The van der Waals surface area contributed by atoms with Crippen LogP contribution in [0.15, 0.2) is 30.3 Å². The molecule has 0 saturated carbocycles. The van der Waals surface area contributed by atoms with Gasteiger partial charge in [-0.2, -0.15) is 18.3 Å². The number of aromatic nitrogens is 3. The van der Waals surface area contributed by atoms with Gasteiger partial charge in [-0.1, -0.05) is 24.3 Å². The van der Waals surface area contributed by atoms with E-state index in [1.807, 2.05) is 12.1 Å². The molecule has 2 aromatic heterocycles. The van der Waals surface area contributed by atoms with Crippen LogP contribution < -0.4 is 0 Å². The molecule has 1 amide bonds. The fourth-order valence-corrected chi connectivity index (χ4v) is 4.38. The van der Waals surface area contributed by atoms with Crippen molar-refractivity contribution in [3.05, 3.63) is 52.8 Å². The average Bonchev–Trinajstić information content (AvgIpc) is 3.14. The number of alkyl halides is 3. The predicted molar refractivity (Wildman–Crippen MR) is 101 cm³/mol. The summed E-state index contributed by atoms with van der Waals surface area (Å²) in [5, 5.41) is 4.06. The molecule has 5 rings (SSSR count). The zero-order valence-corrected chi connectivity index (χ0v) is 15.7. The van der Waals surface area contributed by atoms with E-state index >= 15 is 0 Å². The smallest absolute Gasteiger partial charge is 0.337 e. The Morgan fingerprint density at radius 3 is 2.55 bits per heavy atom. The second-order valence-corrected chi connectivity index (χ2v) is 7.59. The molecule has 0 atom stereocenters. The summed E-state index contributed by atoms with van der Waals surface area (Å²) in [5.74, 6) is -0.332. The molecule has 8 heteroatoms. The van der Waals surface area contributed by atoms with Gasteiger partial charge in [0.05, 0.1) is 5.69 Å². The van der Waals surface area contributed by atoms with Gasteiger partial charge in [-0.3, -0.25) is 4.79 Å². The highest BCUT2D eigenvalue weighted by Crippen LogP contribution is 2.40. The number of hydrogen-bond acceptors (Lipinski definition) is 3. The lowest BCUT2D eigenvalue weighted by atomic mass is 9.88. The van der Waals surface area contributed by atoms with Gasteiger partial charge < -0.3 is 4.90 Å². The summed E-state index contributed by atoms with van der Waals surface area (Å²) in [7, 11) is 0. The molecule has 150 valence electrons. The number of carbonyl (C=O) groups is 1. The minimum atomic E-state index is -4.60. The molecule has 2 aliphatic rings. The minimum Gasteiger partial charge on any atom is -0.337 e. The number of benzene rings is 1. The molecule has 0 bridgehead atoms. The van der Waals surface area contributed by atoms with Gasteiger partial charge in [0.25, 0.3) is 5.91 Å². The number of halogens is 3. The van der Waals surface area contributed by atoms with E-state index in [9.17, 15) is 18.0 Å². The average molecular weight is 400 g/mol. The van der Waals surface area contributed by atoms with Crippen molar-refractivity contribution in [2.75, 3.05) is 13.1 Å². The standard InChI is InChI=1S/C21H19F3N4O/c22-21(23,24)19-15-9-8-13-6-2-3-7-14(13)18(15)25-17-12-16(26-28(17)19)20(29)27-10-4-1-5-11-27/h2-3,6-7,12H,1,4-5,8-11H2. The second-order valence-electron chi connectivity index (χ2n) is 7.59. The SMILES string of the molecule is O=C(c1cc2nc3c(c(C(F)(F)F)n2n1)CCc1ccccc1-3)N1CCCCC1. The topological polar surface area (TPSA) is 50.5 Å². The lowest BCUT2D eigenvalue weighted by Crippen LogP contribution is -2.35. The number of hydrogen-bond donors (Lipinski definition) is 0. The third kappa shape index (κ3) is 2.97. The number of amides is 1. The van der Waals surface area contributed by atoms with Crippen LogP contribution in [0.25, 0.3) is 16.9 Å². The summed E-state index contributed by atoms with van der Waals surface area (Å²) < 4.78 is 43.0. The van der Waals surface area contributed by atoms with Gasteiger partial charge in [-0.05, 0) is 37.7 Å². The molecule has 3 heterocycles. The Hall–Kier alpha value is -2.90. The highest BCUT2D eigenvalue weighted by atomic mass is 19.4. The molecule has 0 unspecified atom stereocenters. The van der Waals surface area contributed by atoms with Crippen molar-refractivity contribution in [2.45, 2.75) is 38.3 Å². The summed E-state index contributed by atoms with van der Waals surface area (Å²) in [5.41, 5.74) is 1.41. The maximum Gasteiger partial charge on any atom is 0.433 e. The van der Waals surface area contributed by atoms with E-state index in [-0.39, 0.29) is 29.2 Å². The molecule has 1 aromatic carbocycles. The van der Waals surface area contributed by atoms with E-state index in [0.717, 1.165) is 29.3 Å². The number of likely N-dealkylation sites (tertiary alicyclic amines) is 1. The van der Waals surface area contributed by atoms with E-state index < -0.39 is 11.9 Å². The number of nitrogens with zero attached hydrogens (tertiary/aromatic N) is 4. The Labute approximate surface area is 165 Å². The van der Waals surface area contributed by atoms with Gasteiger partial charge in [0.1, 0.15) is 0 Å². The Bertz CT molecular complexity index is 1110. The van der Waals surface area contributed by atoms with Crippen molar-refractivity contribution in [2.24, 2.45) is 0 Å². The van der Waals surface area contributed by atoms with Crippen LogP contribution >= 0.6 is 0 Å². The number of carbonyl (C=O) groups excluding carboxylic acids is 1. The molecule has 0 spiro atoms. The predicted octanol–water partition coefficient (Wildman–Crippen LogP) is 4.14. The summed E-state index contributed by atoms with van der Waals surface area (Å²) in [6, 6.07) is 8.77. The van der Waals surface area contributed by atoms with Gasteiger partial charge in [0.15, 0.2) is 17.0 Å². The number of rotatable bonds is 1. The maximum atomic E-state index is 14.1. The second kappa shape index (κ2) is 6.57. The molecule has 0 N–H and O–H groups in total. The van der Waals surface area contributed by atoms with E-state index in [1.165, 1.54) is 6.07 Å². The maximum absolute atomic E-state index is 14.1. The van der Waals surface area contributed by atoms with Crippen molar-refractivity contribution in [3.63, 3.8) is 0 Å². The first-order valence-corrected chi connectivity index (χ1v) is 9.81. The first-order valence-electron chi connectivity index (χ1n) is 9.81. The molecule has 1 aliphatic carbocycles. The lowest BCUT2D eigenvalue weighted by molar-refractivity contribution is -0.143. The number of aryl methyl sites for hydroxylation is 1. The highest BCUT2D eigenvalue weighted by Gasteiger charge is 2.40. The Balaban J connectivity index is 1.70. The molecular weight excluding hydrogens is 381 g/mol. The van der Waals surface area contributed by atoms with Crippen LogP contribution in [0.2, 0.25) is 0 Å². The van der Waals surface area contributed by atoms with E-state index in [2.05, 4.69) is 10.1 Å². The van der Waals surface area contributed by atoms with Gasteiger partial charge in [0.2, 0.25) is 0 Å². The molecule has 3 aromatic rings. The van der Waals surface area contributed by atoms with Crippen molar-refractivity contribution >= 4 is 11.6 Å². The van der Waals surface area contributed by atoms with Crippen LogP contribution in [0.4, 0.5) is 13.2 Å². The van der Waals surface area contributed by atoms with E-state index in [4.69, 9.17) is 0 Å². The van der Waals surface area contributed by atoms with Gasteiger partial charge >= 0.3 is 6.18 Å². The highest BCUT2D eigenvalue weighted by molar-refractivity contribution is 5.93. The number of fused-ring (bicyclic) bond motifs is 4. The molecule has 1 saturated heterocycles. The van der Waals surface area contributed by atoms with Crippen molar-refractivity contribution in [1.29, 1.82) is 0 Å². The van der Waals surface area contributed by atoms with E-state index in [0.29, 0.717) is 30.8 Å². The molecule has 1 fully saturated rings. The van der Waals surface area contributed by atoms with Crippen LogP contribution in [0.3, 0.4) is 0 Å². The zero-order valence-electron chi connectivity index (χ0n) is 15.7. The monoisotopic (exact) mass is 400 g/mol. The van der Waals surface area contributed by atoms with Gasteiger partial charge in [0, 0.05) is 30.3 Å². The van der Waals surface area contributed by atoms with Crippen molar-refractivity contribution < 1.29 is 18.0 Å². The molecule has 29 heavy (non-hydrogen) atoms. The summed E-state index contributed by atoms with van der Waals surface area (Å²) in [4.78, 5) is 19.0. The van der Waals surface area contributed by atoms with E-state index in [1.54, 1.807) is 17.0 Å². The third-order valence-corrected chi connectivity index (χ3v) is 5.75. The Morgan fingerprint density at radius 1 is 1.03 bits per heavy atom. The Kier molecular flexibility index (Phi) is 4.11. The van der Waals surface area contributed by atoms with Crippen molar-refractivity contribution in [1.82, 2.24) is 19.5 Å². The summed E-state index contributed by atoms with van der Waals surface area (Å²) in [6.45, 7) is 1.21. The fraction of sp³-hybridized carbons (Fsp3) is 0.381. The first-order chi connectivity index (χ1) is 13.9. The summed E-state index contributed by atoms with van der Waals surface area (Å²) >= 11 is 0. The lowest BCUT2D eigenvalue weighted by Gasteiger charge is -2.25. The molecule has 5 nitrogen and oxygen atoms in total. The minimum absolute atomic E-state index is 0.0144. The van der Waals surface area contributed by atoms with Crippen LogP contribution in [-0.4, -0.2) is 38.5 Å². The molecule has 0 radical (unpaired) electrons. The first kappa shape index (κ1) is 18.1. The molecule has 1 aliphatic heterocycles.